The zero-order valence-corrected chi connectivity index (χ0v) is 32.3. The molecule has 9 nitrogen and oxygen atoms in total. The van der Waals surface area contributed by atoms with E-state index in [1.54, 1.807) is 25.6 Å². The number of rotatable bonds is 17. The van der Waals surface area contributed by atoms with Gasteiger partial charge in [0.2, 0.25) is 0 Å². The van der Waals surface area contributed by atoms with Crippen molar-refractivity contribution in [3.05, 3.63) is 36.5 Å². The third-order valence-corrected chi connectivity index (χ3v) is 5.13. The number of carbonyl (C=O) groups excluding carboxylic acids is 4. The van der Waals surface area contributed by atoms with Gasteiger partial charge in [-0.3, -0.25) is 0 Å². The van der Waals surface area contributed by atoms with Crippen LogP contribution in [0.15, 0.2) is 40.8 Å². The molecule has 1 unspecified atom stereocenters. The van der Waals surface area contributed by atoms with Crippen LogP contribution in [-0.4, -0.2) is 80.7 Å². The van der Waals surface area contributed by atoms with Gasteiger partial charge in [0.15, 0.2) is 0 Å². The fourth-order valence-corrected chi connectivity index (χ4v) is 2.77. The van der Waals surface area contributed by atoms with Crippen molar-refractivity contribution in [1.29, 1.82) is 0 Å². The number of alkyl halides is 1. The Morgan fingerprint density at radius 3 is 1.64 bits per heavy atom. The van der Waals surface area contributed by atoms with Crippen molar-refractivity contribution >= 4 is 72.3 Å². The van der Waals surface area contributed by atoms with Gasteiger partial charge in [-0.05, 0) is 52.5 Å². The fourth-order valence-electron chi connectivity index (χ4n) is 2.32. The number of aliphatic hydroxyl groups excluding tert-OH is 1. The zero-order valence-electron chi connectivity index (χ0n) is 29.0. The van der Waals surface area contributed by atoms with E-state index in [0.29, 0.717) is 31.6 Å². The molecule has 0 aliphatic heterocycles. The number of esters is 3. The number of allylic oxidation sites excluding steroid dienone is 1. The first-order chi connectivity index (χ1) is 21.4. The van der Waals surface area contributed by atoms with Crippen LogP contribution in [0.25, 0.3) is 0 Å². The minimum atomic E-state index is -0.751. The third kappa shape index (κ3) is 55.1. The fraction of sp³-hybridized carbons (Fsp3) is 0.688. The quantitative estimate of drug-likeness (QED) is 0.0223. The molecule has 0 aliphatic rings. The molecule has 0 aliphatic carbocycles. The molecule has 0 amide bonds. The van der Waals surface area contributed by atoms with Crippen molar-refractivity contribution in [3.63, 3.8) is 0 Å². The number of aliphatic hydroxyl groups is 1. The molecule has 0 bridgehead atoms. The van der Waals surface area contributed by atoms with Crippen molar-refractivity contribution in [2.75, 3.05) is 37.7 Å². The molecule has 0 spiro atoms. The summed E-state index contributed by atoms with van der Waals surface area (Å²) in [7, 11) is 4.34. The van der Waals surface area contributed by atoms with Gasteiger partial charge in [0.05, 0.1) is 31.5 Å². The Hall–Kier alpha value is -1.70. The van der Waals surface area contributed by atoms with Crippen molar-refractivity contribution < 1.29 is 38.5 Å². The molecule has 0 heterocycles. The SMILES string of the molecule is C=C(C(=O)OCC)C(O)CCCC.C=CC(=O)OCC.CCCC/C=C(\CBr)C(=O)OCC.CCCCC=O.CSC.[B]=NS. The Morgan fingerprint density at radius 2 is 1.33 bits per heavy atom. The maximum absolute atomic E-state index is 11.2. The van der Waals surface area contributed by atoms with Crippen LogP contribution in [0.2, 0.25) is 0 Å². The van der Waals surface area contributed by atoms with E-state index in [-0.39, 0.29) is 17.5 Å². The van der Waals surface area contributed by atoms with Crippen molar-refractivity contribution in [3.8, 4) is 0 Å². The van der Waals surface area contributed by atoms with Crippen LogP contribution >= 0.6 is 40.5 Å². The predicted molar refractivity (Wildman–Crippen MR) is 198 cm³/mol. The standard InChI is InChI=1S/C10H17BrO2.C10H18O3.C5H8O2.C5H10O.C2H6S.BHNS/c1-3-5-6-7-9(8-11)10(12)13-4-2;1-4-6-7-9(11)8(3)10(12)13-5-2;1-3-5(6)7-4-2;1-2-3-4-5-6;1-3-2;1-2-3/h7H,3-6,8H2,1-2H3;9,11H,3-7H2,1-2H3;3H,1,4H2,2H3;5H,2-4H2,1H3;1-2H3;3H/b9-7+;;;;;. The normalized spacial score (nSPS) is 9.78. The first-order valence-electron chi connectivity index (χ1n) is 15.1. The Labute approximate surface area is 293 Å². The molecule has 0 saturated heterocycles. The van der Waals surface area contributed by atoms with Gasteiger partial charge in [0.1, 0.15) is 6.29 Å². The van der Waals surface area contributed by atoms with Gasteiger partial charge < -0.3 is 24.1 Å². The number of ether oxygens (including phenoxy) is 3. The summed E-state index contributed by atoms with van der Waals surface area (Å²) in [5.41, 5.74) is 0.894. The Balaban J connectivity index is -0.000000110. The Morgan fingerprint density at radius 1 is 0.911 bits per heavy atom. The van der Waals surface area contributed by atoms with Gasteiger partial charge >= 0.3 is 42.7 Å². The van der Waals surface area contributed by atoms with E-state index in [9.17, 15) is 24.3 Å². The number of thioether (sulfide) groups is 1. The number of aldehydes is 1. The van der Waals surface area contributed by atoms with Crippen molar-refractivity contribution in [2.24, 2.45) is 4.30 Å². The molecule has 13 heteroatoms. The molecule has 263 valence electrons. The summed E-state index contributed by atoms with van der Waals surface area (Å²) in [6.45, 7) is 19.4. The first kappa shape index (κ1) is 55.7. The molecule has 45 heavy (non-hydrogen) atoms. The second-order valence-electron chi connectivity index (χ2n) is 8.42. The number of hydrogen-bond acceptors (Lipinski definition) is 11. The molecule has 1 radical (unpaired) electrons. The second kappa shape index (κ2) is 51.9. The number of hydrogen-bond donors (Lipinski definition) is 2. The number of carbonyl (C=O) groups is 4. The summed E-state index contributed by atoms with van der Waals surface area (Å²) in [5.74, 6) is -1.05. The molecule has 1 N–H and O–H groups in total. The predicted octanol–water partition coefficient (Wildman–Crippen LogP) is 7.99. The topological polar surface area (TPSA) is 129 Å². The van der Waals surface area contributed by atoms with Crippen LogP contribution in [0.5, 0.6) is 0 Å². The van der Waals surface area contributed by atoms with Crippen LogP contribution in [0.3, 0.4) is 0 Å². The zero-order chi connectivity index (χ0) is 36.3. The Bertz CT molecular complexity index is 757. The average Bonchev–Trinajstić information content (AvgIpc) is 3.02. The molecule has 1 atom stereocenters. The van der Waals surface area contributed by atoms with Gasteiger partial charge in [-0.1, -0.05) is 88.0 Å². The van der Waals surface area contributed by atoms with E-state index in [1.807, 2.05) is 32.4 Å². The Kier molecular flexibility index (Phi) is 64.2. The van der Waals surface area contributed by atoms with E-state index in [2.05, 4.69) is 72.4 Å². The number of thiol groups is 1. The van der Waals surface area contributed by atoms with Crippen molar-refractivity contribution in [2.45, 2.75) is 105 Å². The summed E-state index contributed by atoms with van der Waals surface area (Å²) in [6, 6.07) is 0. The van der Waals surface area contributed by atoms with Crippen LogP contribution in [0, 0.1) is 0 Å². The molecule has 0 fully saturated rings. The molecule has 0 aromatic rings. The van der Waals surface area contributed by atoms with Crippen molar-refractivity contribution in [1.82, 2.24) is 0 Å². The summed E-state index contributed by atoms with van der Waals surface area (Å²) < 4.78 is 16.7. The van der Waals surface area contributed by atoms with Gasteiger partial charge in [0, 0.05) is 23.4 Å². The number of nitrogens with zero attached hydrogens (tertiary/aromatic N) is 1. The minimum absolute atomic E-state index is 0.162. The van der Waals surface area contributed by atoms with Crippen LogP contribution in [0.1, 0.15) is 99.3 Å². The van der Waals surface area contributed by atoms with Gasteiger partial charge in [-0.15, -0.1) is 0 Å². The van der Waals surface area contributed by atoms with Gasteiger partial charge in [-0.2, -0.15) is 11.8 Å². The molecule has 0 rings (SSSR count). The molecule has 0 aromatic carbocycles. The molecule has 0 saturated carbocycles. The number of unbranched alkanes of at least 4 members (excludes halogenated alkanes) is 5. The van der Waals surface area contributed by atoms with Crippen LogP contribution in [0.4, 0.5) is 0 Å². The molecular weight excluding hydrogens is 681 g/mol. The monoisotopic (exact) mass is 740 g/mol. The van der Waals surface area contributed by atoms with E-state index in [4.69, 9.17) is 9.47 Å². The maximum atomic E-state index is 11.2. The average molecular weight is 742 g/mol. The number of halogens is 1. The van der Waals surface area contributed by atoms with Gasteiger partial charge in [0.25, 0.3) is 0 Å². The summed E-state index contributed by atoms with van der Waals surface area (Å²) in [6.07, 6.45) is 16.0. The summed E-state index contributed by atoms with van der Waals surface area (Å²) >= 11 is 8.21. The molecular formula is C32H60BBrNO8S2. The van der Waals surface area contributed by atoms with Crippen LogP contribution in [-0.2, 0) is 33.4 Å². The van der Waals surface area contributed by atoms with E-state index in [1.165, 1.54) is 0 Å². The van der Waals surface area contributed by atoms with E-state index >= 15 is 0 Å². The van der Waals surface area contributed by atoms with Crippen LogP contribution < -0.4 is 0 Å². The van der Waals surface area contributed by atoms with E-state index < -0.39 is 12.1 Å². The molecule has 0 aromatic heterocycles. The van der Waals surface area contributed by atoms with E-state index in [0.717, 1.165) is 69.3 Å². The second-order valence-corrected chi connectivity index (χ2v) is 10.0. The third-order valence-electron chi connectivity index (χ3n) is 4.53. The summed E-state index contributed by atoms with van der Waals surface area (Å²) in [5, 5.41) is 10.0. The summed E-state index contributed by atoms with van der Waals surface area (Å²) in [4.78, 5) is 41.9. The van der Waals surface area contributed by atoms with Gasteiger partial charge in [-0.25, -0.2) is 14.4 Å². The first-order valence-corrected chi connectivity index (χ1v) is 18.2.